The van der Waals surface area contributed by atoms with Gasteiger partial charge in [0.25, 0.3) is 5.91 Å². The first-order valence-corrected chi connectivity index (χ1v) is 6.71. The Kier molecular flexibility index (Phi) is 3.57. The number of carbonyl (C=O) groups is 1. The number of aromatic nitrogens is 3. The van der Waals surface area contributed by atoms with Crippen LogP contribution in [0, 0.1) is 0 Å². The monoisotopic (exact) mass is 288 g/mol. The lowest BCUT2D eigenvalue weighted by molar-refractivity contribution is 0.0911. The first-order chi connectivity index (χ1) is 10.1. The highest BCUT2D eigenvalue weighted by Crippen LogP contribution is 2.27. The summed E-state index contributed by atoms with van der Waals surface area (Å²) in [4.78, 5) is 11.8. The van der Waals surface area contributed by atoms with Gasteiger partial charge in [-0.05, 0) is 23.3 Å². The Morgan fingerprint density at radius 3 is 3.19 bits per heavy atom. The zero-order chi connectivity index (χ0) is 14.8. The van der Waals surface area contributed by atoms with E-state index in [1.54, 1.807) is 7.05 Å². The van der Waals surface area contributed by atoms with E-state index in [0.29, 0.717) is 6.61 Å². The van der Waals surface area contributed by atoms with E-state index in [1.807, 2.05) is 18.2 Å². The van der Waals surface area contributed by atoms with Crippen molar-refractivity contribution in [3.05, 3.63) is 41.2 Å². The molecule has 0 radical (unpaired) electrons. The van der Waals surface area contributed by atoms with Crippen LogP contribution in [0.3, 0.4) is 0 Å². The molecule has 1 aromatic heterocycles. The molecule has 110 valence electrons. The minimum atomic E-state index is -0.767. The van der Waals surface area contributed by atoms with Crippen LogP contribution in [0.5, 0.6) is 5.75 Å². The number of aryl methyl sites for hydroxylation is 1. The predicted molar refractivity (Wildman–Crippen MR) is 73.9 cm³/mol. The van der Waals surface area contributed by atoms with Crippen molar-refractivity contribution in [3.8, 4) is 5.75 Å². The SMILES string of the molecule is Cn1cc(C(=O)NCC(O)c2ccc3c(c2)CCO3)nn1. The summed E-state index contributed by atoms with van der Waals surface area (Å²) in [5.74, 6) is 0.515. The summed E-state index contributed by atoms with van der Waals surface area (Å²) in [7, 11) is 1.69. The third-order valence-electron chi connectivity index (χ3n) is 3.39. The number of nitrogens with zero attached hydrogens (tertiary/aromatic N) is 3. The maximum atomic E-state index is 11.8. The Morgan fingerprint density at radius 1 is 1.57 bits per heavy atom. The summed E-state index contributed by atoms with van der Waals surface area (Å²) in [5, 5.41) is 20.2. The minimum absolute atomic E-state index is 0.120. The number of nitrogens with one attached hydrogen (secondary N) is 1. The van der Waals surface area contributed by atoms with Crippen LogP contribution < -0.4 is 10.1 Å². The summed E-state index contributed by atoms with van der Waals surface area (Å²) in [5.41, 5.74) is 2.08. The van der Waals surface area contributed by atoms with E-state index < -0.39 is 6.10 Å². The fourth-order valence-corrected chi connectivity index (χ4v) is 2.26. The maximum Gasteiger partial charge on any atom is 0.273 e. The number of hydrogen-bond acceptors (Lipinski definition) is 5. The first kappa shape index (κ1) is 13.6. The van der Waals surface area contributed by atoms with Crippen LogP contribution in [-0.4, -0.2) is 39.2 Å². The standard InChI is InChI=1S/C14H16N4O3/c1-18-8-11(16-17-18)14(20)15-7-12(19)9-2-3-13-10(6-9)4-5-21-13/h2-3,6,8,12,19H,4-5,7H2,1H3,(H,15,20). The molecule has 1 aliphatic rings. The highest BCUT2D eigenvalue weighted by molar-refractivity contribution is 5.91. The molecule has 0 spiro atoms. The molecule has 1 aliphatic heterocycles. The van der Waals surface area contributed by atoms with E-state index in [9.17, 15) is 9.90 Å². The van der Waals surface area contributed by atoms with Crippen LogP contribution in [0.25, 0.3) is 0 Å². The molecular weight excluding hydrogens is 272 g/mol. The van der Waals surface area contributed by atoms with Gasteiger partial charge in [-0.2, -0.15) is 0 Å². The van der Waals surface area contributed by atoms with Gasteiger partial charge in [0.15, 0.2) is 5.69 Å². The van der Waals surface area contributed by atoms with Crippen molar-refractivity contribution in [1.82, 2.24) is 20.3 Å². The molecule has 0 saturated heterocycles. The van der Waals surface area contributed by atoms with E-state index >= 15 is 0 Å². The Morgan fingerprint density at radius 2 is 2.43 bits per heavy atom. The maximum absolute atomic E-state index is 11.8. The van der Waals surface area contributed by atoms with Crippen LogP contribution in [0.4, 0.5) is 0 Å². The fraction of sp³-hybridized carbons (Fsp3) is 0.357. The Hall–Kier alpha value is -2.41. The van der Waals surface area contributed by atoms with Crippen LogP contribution in [0.1, 0.15) is 27.7 Å². The predicted octanol–water partition coefficient (Wildman–Crippen LogP) is 0.213. The van der Waals surface area contributed by atoms with Crippen molar-refractivity contribution in [2.45, 2.75) is 12.5 Å². The summed E-state index contributed by atoms with van der Waals surface area (Å²) < 4.78 is 6.87. The van der Waals surface area contributed by atoms with Gasteiger partial charge in [-0.15, -0.1) is 5.10 Å². The number of carbonyl (C=O) groups excluding carboxylic acids is 1. The van der Waals surface area contributed by atoms with Crippen LogP contribution >= 0.6 is 0 Å². The summed E-state index contributed by atoms with van der Waals surface area (Å²) in [6.07, 6.45) is 1.60. The number of aliphatic hydroxyl groups excluding tert-OH is 1. The van der Waals surface area contributed by atoms with Crippen LogP contribution in [0.2, 0.25) is 0 Å². The molecule has 7 heteroatoms. The van der Waals surface area contributed by atoms with Gasteiger partial charge in [0.05, 0.1) is 18.9 Å². The van der Waals surface area contributed by atoms with Gasteiger partial charge in [0, 0.05) is 20.0 Å². The molecule has 0 bridgehead atoms. The second kappa shape index (κ2) is 5.53. The smallest absolute Gasteiger partial charge is 0.273 e. The quantitative estimate of drug-likeness (QED) is 0.839. The van der Waals surface area contributed by atoms with Gasteiger partial charge in [-0.3, -0.25) is 9.48 Å². The van der Waals surface area contributed by atoms with Gasteiger partial charge in [-0.25, -0.2) is 0 Å². The van der Waals surface area contributed by atoms with E-state index in [-0.39, 0.29) is 18.1 Å². The first-order valence-electron chi connectivity index (χ1n) is 6.71. The van der Waals surface area contributed by atoms with Crippen molar-refractivity contribution in [2.75, 3.05) is 13.2 Å². The van der Waals surface area contributed by atoms with Crippen molar-refractivity contribution in [2.24, 2.45) is 7.05 Å². The molecule has 3 rings (SSSR count). The zero-order valence-electron chi connectivity index (χ0n) is 11.6. The number of rotatable bonds is 4. The molecule has 0 aliphatic carbocycles. The average molecular weight is 288 g/mol. The highest BCUT2D eigenvalue weighted by Gasteiger charge is 2.17. The van der Waals surface area contributed by atoms with E-state index in [0.717, 1.165) is 23.3 Å². The number of hydrogen-bond donors (Lipinski definition) is 2. The number of ether oxygens (including phenoxy) is 1. The lowest BCUT2D eigenvalue weighted by Crippen LogP contribution is -2.28. The molecule has 1 unspecified atom stereocenters. The molecule has 0 saturated carbocycles. The zero-order valence-corrected chi connectivity index (χ0v) is 11.6. The second-order valence-electron chi connectivity index (χ2n) is 4.97. The van der Waals surface area contributed by atoms with Gasteiger partial charge >= 0.3 is 0 Å². The van der Waals surface area contributed by atoms with E-state index in [4.69, 9.17) is 4.74 Å². The molecule has 1 amide bonds. The van der Waals surface area contributed by atoms with Gasteiger partial charge in [0.1, 0.15) is 5.75 Å². The number of amides is 1. The number of aliphatic hydroxyl groups is 1. The fourth-order valence-electron chi connectivity index (χ4n) is 2.26. The van der Waals surface area contributed by atoms with Crippen molar-refractivity contribution in [3.63, 3.8) is 0 Å². The molecule has 1 atom stereocenters. The van der Waals surface area contributed by atoms with Crippen molar-refractivity contribution < 1.29 is 14.6 Å². The Labute approximate surface area is 121 Å². The summed E-state index contributed by atoms with van der Waals surface area (Å²) in [6, 6.07) is 5.58. The Bertz CT molecular complexity index is 668. The van der Waals surface area contributed by atoms with Crippen molar-refractivity contribution >= 4 is 5.91 Å². The highest BCUT2D eigenvalue weighted by atomic mass is 16.5. The van der Waals surface area contributed by atoms with Gasteiger partial charge in [0.2, 0.25) is 0 Å². The lowest BCUT2D eigenvalue weighted by atomic mass is 10.0. The normalized spacial score (nSPS) is 14.4. The summed E-state index contributed by atoms with van der Waals surface area (Å²) in [6.45, 7) is 0.799. The van der Waals surface area contributed by atoms with Gasteiger partial charge < -0.3 is 15.2 Å². The largest absolute Gasteiger partial charge is 0.493 e. The molecule has 2 heterocycles. The van der Waals surface area contributed by atoms with Crippen molar-refractivity contribution in [1.29, 1.82) is 0 Å². The molecular formula is C14H16N4O3. The summed E-state index contributed by atoms with van der Waals surface area (Å²) >= 11 is 0. The topological polar surface area (TPSA) is 89.3 Å². The van der Waals surface area contributed by atoms with Gasteiger partial charge in [-0.1, -0.05) is 11.3 Å². The second-order valence-corrected chi connectivity index (χ2v) is 4.97. The van der Waals surface area contributed by atoms with Crippen LogP contribution in [0.15, 0.2) is 24.4 Å². The third kappa shape index (κ3) is 2.87. The molecule has 7 nitrogen and oxygen atoms in total. The molecule has 2 aromatic rings. The number of benzene rings is 1. The van der Waals surface area contributed by atoms with E-state index in [1.165, 1.54) is 10.9 Å². The molecule has 2 N–H and O–H groups in total. The van der Waals surface area contributed by atoms with E-state index in [2.05, 4.69) is 15.6 Å². The lowest BCUT2D eigenvalue weighted by Gasteiger charge is -2.12. The molecule has 0 fully saturated rings. The number of fused-ring (bicyclic) bond motifs is 1. The molecule has 21 heavy (non-hydrogen) atoms. The third-order valence-corrected chi connectivity index (χ3v) is 3.39. The Balaban J connectivity index is 1.61. The average Bonchev–Trinajstić information content (AvgIpc) is 3.12. The van der Waals surface area contributed by atoms with Crippen LogP contribution in [-0.2, 0) is 13.5 Å². The molecule has 1 aromatic carbocycles. The minimum Gasteiger partial charge on any atom is -0.493 e.